The molecule has 7 aromatic rings. The molecule has 246 valence electrons. The van der Waals surface area contributed by atoms with Gasteiger partial charge in [0, 0.05) is 0 Å². The molecule has 1 heterocycles. The highest BCUT2D eigenvalue weighted by Crippen LogP contribution is 2.38. The Hall–Kier alpha value is -6.09. The van der Waals surface area contributed by atoms with Crippen LogP contribution in [0.15, 0.2) is 212 Å². The van der Waals surface area contributed by atoms with E-state index in [2.05, 4.69) is 72.8 Å². The molecule has 0 bridgehead atoms. The number of hydrogen-bond donors (Lipinski definition) is 0. The number of benzene rings is 7. The topological polar surface area (TPSA) is 40.6 Å². The lowest BCUT2D eigenvalue weighted by atomic mass is 10.1. The molecule has 0 spiro atoms. The highest BCUT2D eigenvalue weighted by atomic mass is 28.3. The lowest BCUT2D eigenvalue weighted by molar-refractivity contribution is -0.125. The van der Waals surface area contributed by atoms with E-state index in [-0.39, 0.29) is 11.9 Å². The van der Waals surface area contributed by atoms with Gasteiger partial charge in [0.15, 0.2) is 0 Å². The van der Waals surface area contributed by atoms with E-state index in [0.717, 1.165) is 36.7 Å². The number of hydrogen-bond acceptors (Lipinski definition) is 2. The predicted octanol–water partition coefficient (Wildman–Crippen LogP) is 5.33. The number of imide groups is 1. The van der Waals surface area contributed by atoms with Crippen molar-refractivity contribution in [2.75, 3.05) is 0 Å². The zero-order valence-corrected chi connectivity index (χ0v) is 30.0. The molecule has 0 aliphatic carbocycles. The van der Waals surface area contributed by atoms with Gasteiger partial charge in [-0.2, -0.15) is 0 Å². The van der Waals surface area contributed by atoms with Crippen molar-refractivity contribution in [3.05, 3.63) is 218 Å². The van der Waals surface area contributed by atoms with Gasteiger partial charge in [0.05, 0.1) is 0 Å². The zero-order valence-electron chi connectivity index (χ0n) is 28.0. The Bertz CT molecular complexity index is 2050. The molecule has 0 aromatic heterocycles. The lowest BCUT2D eigenvalue weighted by Crippen LogP contribution is -2.81. The molecule has 51 heavy (non-hydrogen) atoms. The Balaban J connectivity index is 1.52. The van der Waals surface area contributed by atoms with Gasteiger partial charge in [-0.25, -0.2) is 4.79 Å². The van der Waals surface area contributed by atoms with Crippen LogP contribution in [0.4, 0.5) is 4.79 Å². The van der Waals surface area contributed by atoms with Crippen LogP contribution in [0.25, 0.3) is 0 Å². The standard InChI is InChI=1S/C45H36N2O2Si2/c48-44-43(36-22-8-1-9-23-36)46(50(37-24-10-2-11-25-37,38-26-12-3-13-27-38)39-28-14-4-15-29-39)45(49)47(44)51(40-30-16-5-17-31-40,41-32-18-6-19-33-41)42-34-20-7-21-35-42/h1-35,43H. The molecule has 8 rings (SSSR count). The SMILES string of the molecule is O=C1C(c2ccccc2)N([Si](c2ccccc2)(c2ccccc2)c2ccccc2)C(=O)N1[Si](c1ccccc1)(c1ccccc1)c1ccccc1. The van der Waals surface area contributed by atoms with Gasteiger partial charge >= 0.3 is 6.03 Å². The molecular formula is C45H36N2O2Si2. The Labute approximate surface area is 301 Å². The fourth-order valence-electron chi connectivity index (χ4n) is 8.00. The van der Waals surface area contributed by atoms with Crippen LogP contribution in [0.2, 0.25) is 0 Å². The van der Waals surface area contributed by atoms with Crippen LogP contribution in [-0.4, -0.2) is 37.5 Å². The van der Waals surface area contributed by atoms with E-state index in [1.54, 1.807) is 4.57 Å². The second-order valence-corrected chi connectivity index (χ2v) is 20.0. The number of rotatable bonds is 9. The second kappa shape index (κ2) is 13.7. The molecule has 1 unspecified atom stereocenters. The van der Waals surface area contributed by atoms with Gasteiger partial charge in [0.2, 0.25) is 5.91 Å². The largest absolute Gasteiger partial charge is 0.324 e. The van der Waals surface area contributed by atoms with Crippen LogP contribution in [0.5, 0.6) is 0 Å². The minimum absolute atomic E-state index is 0.214. The van der Waals surface area contributed by atoms with E-state index < -0.39 is 22.5 Å². The summed E-state index contributed by atoms with van der Waals surface area (Å²) in [6.45, 7) is 0. The molecule has 1 aliphatic heterocycles. The first kappa shape index (κ1) is 32.1. The third kappa shape index (κ3) is 5.19. The van der Waals surface area contributed by atoms with E-state index in [9.17, 15) is 0 Å². The van der Waals surface area contributed by atoms with Crippen molar-refractivity contribution in [2.45, 2.75) is 6.04 Å². The van der Waals surface area contributed by atoms with Crippen molar-refractivity contribution in [3.8, 4) is 0 Å². The van der Waals surface area contributed by atoms with E-state index >= 15 is 9.59 Å². The maximum Gasteiger partial charge on any atom is 0.313 e. The third-order valence-corrected chi connectivity index (χ3v) is 19.3. The summed E-state index contributed by atoms with van der Waals surface area (Å²) in [7, 11) is -7.12. The number of amides is 3. The van der Waals surface area contributed by atoms with E-state index in [0.29, 0.717) is 0 Å². The number of carbonyl (C=O) groups is 2. The molecule has 3 amide bonds. The molecular weight excluding hydrogens is 657 g/mol. The fraction of sp³-hybridized carbons (Fsp3) is 0.0222. The molecule has 0 saturated carbocycles. The lowest BCUT2D eigenvalue weighted by Gasteiger charge is -2.44. The summed E-state index contributed by atoms with van der Waals surface area (Å²) >= 11 is 0. The first-order valence-electron chi connectivity index (χ1n) is 17.2. The molecule has 1 fully saturated rings. The van der Waals surface area contributed by atoms with Crippen molar-refractivity contribution >= 4 is 59.5 Å². The minimum Gasteiger partial charge on any atom is -0.324 e. The summed E-state index contributed by atoms with van der Waals surface area (Å²) < 4.78 is 3.72. The van der Waals surface area contributed by atoms with Crippen LogP contribution < -0.4 is 31.1 Å². The van der Waals surface area contributed by atoms with Gasteiger partial charge in [-0.3, -0.25) is 9.36 Å². The Kier molecular flexibility index (Phi) is 8.61. The maximum absolute atomic E-state index is 16.3. The first-order valence-corrected chi connectivity index (χ1v) is 21.1. The normalized spacial score (nSPS) is 14.9. The predicted molar refractivity (Wildman–Crippen MR) is 211 cm³/mol. The summed E-state index contributed by atoms with van der Waals surface area (Å²) in [6, 6.07) is 70.3. The zero-order chi connectivity index (χ0) is 34.7. The minimum atomic E-state index is -3.60. The molecule has 0 radical (unpaired) electrons. The maximum atomic E-state index is 16.3. The second-order valence-electron chi connectivity index (χ2n) is 12.8. The van der Waals surface area contributed by atoms with Crippen molar-refractivity contribution in [2.24, 2.45) is 0 Å². The average Bonchev–Trinajstić information content (AvgIpc) is 3.48. The van der Waals surface area contributed by atoms with Crippen molar-refractivity contribution in [1.82, 2.24) is 9.13 Å². The Morgan fingerprint density at radius 2 is 0.588 bits per heavy atom. The van der Waals surface area contributed by atoms with Gasteiger partial charge in [0.25, 0.3) is 16.5 Å². The first-order chi connectivity index (χ1) is 25.2. The summed E-state index contributed by atoms with van der Waals surface area (Å²) in [6.07, 6.45) is 0. The summed E-state index contributed by atoms with van der Waals surface area (Å²) in [5, 5.41) is 5.96. The van der Waals surface area contributed by atoms with Crippen molar-refractivity contribution in [3.63, 3.8) is 0 Å². The summed E-state index contributed by atoms with van der Waals surface area (Å²) in [4.78, 5) is 32.3. The number of nitrogens with zero attached hydrogens (tertiary/aromatic N) is 2. The smallest absolute Gasteiger partial charge is 0.313 e. The van der Waals surface area contributed by atoms with Crippen LogP contribution in [0.1, 0.15) is 11.6 Å². The monoisotopic (exact) mass is 692 g/mol. The van der Waals surface area contributed by atoms with E-state index in [4.69, 9.17) is 0 Å². The number of urea groups is 1. The molecule has 1 aliphatic rings. The van der Waals surface area contributed by atoms with Crippen LogP contribution >= 0.6 is 0 Å². The van der Waals surface area contributed by atoms with Crippen LogP contribution in [0, 0.1) is 0 Å². The number of carbonyl (C=O) groups excluding carboxylic acids is 2. The molecule has 1 atom stereocenters. The van der Waals surface area contributed by atoms with Crippen LogP contribution in [-0.2, 0) is 4.79 Å². The van der Waals surface area contributed by atoms with Gasteiger partial charge in [-0.05, 0) is 36.7 Å². The van der Waals surface area contributed by atoms with Gasteiger partial charge in [-0.15, -0.1) is 0 Å². The van der Waals surface area contributed by atoms with Crippen molar-refractivity contribution < 1.29 is 9.59 Å². The molecule has 4 nitrogen and oxygen atoms in total. The average molecular weight is 693 g/mol. The highest BCUT2D eigenvalue weighted by Gasteiger charge is 2.64. The molecule has 7 aromatic carbocycles. The van der Waals surface area contributed by atoms with Gasteiger partial charge in [0.1, 0.15) is 6.04 Å². The van der Waals surface area contributed by atoms with Gasteiger partial charge in [-0.1, -0.05) is 212 Å². The quantitative estimate of drug-likeness (QED) is 0.117. The Morgan fingerprint density at radius 3 is 0.882 bits per heavy atom. The fourth-order valence-corrected chi connectivity index (χ4v) is 17.6. The molecule has 1 saturated heterocycles. The molecule has 0 N–H and O–H groups in total. The van der Waals surface area contributed by atoms with Gasteiger partial charge < -0.3 is 4.57 Å². The Morgan fingerprint density at radius 1 is 0.333 bits per heavy atom. The van der Waals surface area contributed by atoms with E-state index in [1.165, 1.54) is 0 Å². The highest BCUT2D eigenvalue weighted by molar-refractivity contribution is 7.14. The van der Waals surface area contributed by atoms with Crippen molar-refractivity contribution in [1.29, 1.82) is 0 Å². The third-order valence-electron chi connectivity index (χ3n) is 10.1. The summed E-state index contributed by atoms with van der Waals surface area (Å²) in [5.74, 6) is -0.214. The van der Waals surface area contributed by atoms with E-state index in [1.807, 2.05) is 144 Å². The van der Waals surface area contributed by atoms with Crippen LogP contribution in [0.3, 0.4) is 0 Å². The summed E-state index contributed by atoms with van der Waals surface area (Å²) in [5.41, 5.74) is 0.787. The molecule has 6 heteroatoms.